The lowest BCUT2D eigenvalue weighted by molar-refractivity contribution is -0.122. The molecule has 0 aliphatic rings. The van der Waals surface area contributed by atoms with Gasteiger partial charge in [0.25, 0.3) is 5.91 Å². The second kappa shape index (κ2) is 7.29. The number of amides is 1. The van der Waals surface area contributed by atoms with E-state index < -0.39 is 6.10 Å². The summed E-state index contributed by atoms with van der Waals surface area (Å²) in [5.74, 6) is 0.454. The van der Waals surface area contributed by atoms with Gasteiger partial charge in [-0.05, 0) is 72.1 Å². The fourth-order valence-electron chi connectivity index (χ4n) is 1.94. The van der Waals surface area contributed by atoms with Gasteiger partial charge in [-0.25, -0.2) is 0 Å². The van der Waals surface area contributed by atoms with Crippen LogP contribution >= 0.6 is 31.9 Å². The molecule has 0 radical (unpaired) electrons. The largest absolute Gasteiger partial charge is 0.480 e. The number of anilines is 1. The molecule has 0 saturated heterocycles. The molecule has 22 heavy (non-hydrogen) atoms. The maximum Gasteiger partial charge on any atom is 0.265 e. The Labute approximate surface area is 147 Å². The SMILES string of the molecule is Cc1cccc(NC(=O)[C@H](C)Oc2ccc(Br)cc2Br)c1C. The van der Waals surface area contributed by atoms with Crippen LogP contribution in [0.1, 0.15) is 18.1 Å². The van der Waals surface area contributed by atoms with Crippen LogP contribution in [0.15, 0.2) is 45.3 Å². The highest BCUT2D eigenvalue weighted by Crippen LogP contribution is 2.29. The van der Waals surface area contributed by atoms with Crippen LogP contribution in [-0.2, 0) is 4.79 Å². The Morgan fingerprint density at radius 1 is 1.18 bits per heavy atom. The summed E-state index contributed by atoms with van der Waals surface area (Å²) in [6, 6.07) is 11.4. The van der Waals surface area contributed by atoms with Gasteiger partial charge in [0.2, 0.25) is 0 Å². The van der Waals surface area contributed by atoms with Gasteiger partial charge in [0.05, 0.1) is 4.47 Å². The molecule has 1 amide bonds. The third kappa shape index (κ3) is 4.11. The van der Waals surface area contributed by atoms with Crippen molar-refractivity contribution < 1.29 is 9.53 Å². The molecule has 0 spiro atoms. The van der Waals surface area contributed by atoms with Crippen LogP contribution in [-0.4, -0.2) is 12.0 Å². The number of nitrogens with one attached hydrogen (secondary N) is 1. The smallest absolute Gasteiger partial charge is 0.265 e. The van der Waals surface area contributed by atoms with Crippen molar-refractivity contribution in [3.8, 4) is 5.75 Å². The molecule has 5 heteroatoms. The first-order chi connectivity index (χ1) is 10.4. The van der Waals surface area contributed by atoms with Crippen molar-refractivity contribution in [2.24, 2.45) is 0 Å². The average molecular weight is 427 g/mol. The third-order valence-corrected chi connectivity index (χ3v) is 4.54. The van der Waals surface area contributed by atoms with E-state index >= 15 is 0 Å². The average Bonchev–Trinajstić information content (AvgIpc) is 2.46. The Morgan fingerprint density at radius 3 is 2.59 bits per heavy atom. The molecular formula is C17H17Br2NO2. The fourth-order valence-corrected chi connectivity index (χ4v) is 3.08. The van der Waals surface area contributed by atoms with Gasteiger partial charge in [0.1, 0.15) is 5.75 Å². The lowest BCUT2D eigenvalue weighted by Crippen LogP contribution is -2.30. The standard InChI is InChI=1S/C17H17Br2NO2/c1-10-5-4-6-15(11(10)2)20-17(21)12(3)22-16-8-7-13(18)9-14(16)19/h4-9,12H,1-3H3,(H,20,21)/t12-/m0/s1. The number of halogens is 2. The Hall–Kier alpha value is -1.33. The van der Waals surface area contributed by atoms with E-state index in [9.17, 15) is 4.79 Å². The Bertz CT molecular complexity index is 701. The van der Waals surface area contributed by atoms with Gasteiger partial charge in [-0.15, -0.1) is 0 Å². The van der Waals surface area contributed by atoms with E-state index in [1.807, 2.05) is 50.2 Å². The van der Waals surface area contributed by atoms with Crippen LogP contribution in [0.25, 0.3) is 0 Å². The molecule has 0 aliphatic heterocycles. The predicted octanol–water partition coefficient (Wildman–Crippen LogP) is 5.23. The third-order valence-electron chi connectivity index (χ3n) is 3.43. The zero-order chi connectivity index (χ0) is 16.3. The summed E-state index contributed by atoms with van der Waals surface area (Å²) < 4.78 is 7.47. The number of ether oxygens (including phenoxy) is 1. The number of aryl methyl sites for hydroxylation is 1. The van der Waals surface area contributed by atoms with Crippen molar-refractivity contribution in [1.82, 2.24) is 0 Å². The van der Waals surface area contributed by atoms with Gasteiger partial charge in [0.15, 0.2) is 6.10 Å². The minimum absolute atomic E-state index is 0.177. The molecule has 2 aromatic carbocycles. The number of carbonyl (C=O) groups is 1. The van der Waals surface area contributed by atoms with Gasteiger partial charge in [-0.2, -0.15) is 0 Å². The molecule has 116 valence electrons. The van der Waals surface area contributed by atoms with E-state index in [-0.39, 0.29) is 5.91 Å². The maximum atomic E-state index is 12.3. The highest BCUT2D eigenvalue weighted by Gasteiger charge is 2.17. The van der Waals surface area contributed by atoms with Crippen molar-refractivity contribution in [3.63, 3.8) is 0 Å². The second-order valence-corrected chi connectivity index (χ2v) is 6.84. The molecule has 0 fully saturated rings. The van der Waals surface area contributed by atoms with Crippen LogP contribution < -0.4 is 10.1 Å². The van der Waals surface area contributed by atoms with Crippen molar-refractivity contribution in [2.45, 2.75) is 26.9 Å². The summed E-state index contributed by atoms with van der Waals surface area (Å²) in [4.78, 5) is 12.3. The van der Waals surface area contributed by atoms with E-state index in [1.165, 1.54) is 0 Å². The molecule has 1 atom stereocenters. The van der Waals surface area contributed by atoms with E-state index in [2.05, 4.69) is 37.2 Å². The number of carbonyl (C=O) groups excluding carboxylic acids is 1. The van der Waals surface area contributed by atoms with Crippen LogP contribution in [0.3, 0.4) is 0 Å². The van der Waals surface area contributed by atoms with Crippen LogP contribution in [0, 0.1) is 13.8 Å². The first-order valence-electron chi connectivity index (χ1n) is 6.87. The van der Waals surface area contributed by atoms with Gasteiger partial charge in [-0.1, -0.05) is 28.1 Å². The summed E-state index contributed by atoms with van der Waals surface area (Å²) in [6.45, 7) is 5.74. The molecule has 0 bridgehead atoms. The highest BCUT2D eigenvalue weighted by atomic mass is 79.9. The monoisotopic (exact) mass is 425 g/mol. The maximum absolute atomic E-state index is 12.3. The number of hydrogen-bond acceptors (Lipinski definition) is 2. The molecule has 0 aliphatic carbocycles. The van der Waals surface area contributed by atoms with E-state index in [0.717, 1.165) is 25.8 Å². The molecule has 2 rings (SSSR count). The minimum Gasteiger partial charge on any atom is -0.480 e. The number of rotatable bonds is 4. The van der Waals surface area contributed by atoms with E-state index in [1.54, 1.807) is 6.92 Å². The Balaban J connectivity index is 2.07. The van der Waals surface area contributed by atoms with Gasteiger partial charge in [0, 0.05) is 10.2 Å². The Morgan fingerprint density at radius 2 is 1.91 bits per heavy atom. The van der Waals surface area contributed by atoms with Crippen molar-refractivity contribution >= 4 is 43.5 Å². The summed E-state index contributed by atoms with van der Waals surface area (Å²) in [5.41, 5.74) is 3.02. The van der Waals surface area contributed by atoms with Gasteiger partial charge < -0.3 is 10.1 Å². The Kier molecular flexibility index (Phi) is 5.64. The summed E-state index contributed by atoms with van der Waals surface area (Å²) in [7, 11) is 0. The van der Waals surface area contributed by atoms with Crippen molar-refractivity contribution in [2.75, 3.05) is 5.32 Å². The van der Waals surface area contributed by atoms with E-state index in [0.29, 0.717) is 5.75 Å². The summed E-state index contributed by atoms with van der Waals surface area (Å²) >= 11 is 6.81. The van der Waals surface area contributed by atoms with Crippen LogP contribution in [0.2, 0.25) is 0 Å². The number of hydrogen-bond donors (Lipinski definition) is 1. The van der Waals surface area contributed by atoms with Crippen LogP contribution in [0.5, 0.6) is 5.75 Å². The van der Waals surface area contributed by atoms with E-state index in [4.69, 9.17) is 4.74 Å². The molecule has 0 aromatic heterocycles. The highest BCUT2D eigenvalue weighted by molar-refractivity contribution is 9.11. The lowest BCUT2D eigenvalue weighted by Gasteiger charge is -2.17. The van der Waals surface area contributed by atoms with Crippen molar-refractivity contribution in [1.29, 1.82) is 0 Å². The van der Waals surface area contributed by atoms with Gasteiger partial charge in [-0.3, -0.25) is 4.79 Å². The minimum atomic E-state index is -0.600. The molecule has 1 N–H and O–H groups in total. The topological polar surface area (TPSA) is 38.3 Å². The second-order valence-electron chi connectivity index (χ2n) is 5.07. The predicted molar refractivity (Wildman–Crippen MR) is 96.5 cm³/mol. The molecule has 0 unspecified atom stereocenters. The molecule has 0 heterocycles. The normalized spacial score (nSPS) is 11.9. The molecular weight excluding hydrogens is 410 g/mol. The number of benzene rings is 2. The quantitative estimate of drug-likeness (QED) is 0.726. The zero-order valence-electron chi connectivity index (χ0n) is 12.6. The first-order valence-corrected chi connectivity index (χ1v) is 8.46. The molecule has 2 aromatic rings. The fraction of sp³-hybridized carbons (Fsp3) is 0.235. The van der Waals surface area contributed by atoms with Crippen LogP contribution in [0.4, 0.5) is 5.69 Å². The summed E-state index contributed by atoms with van der Waals surface area (Å²) in [5, 5.41) is 2.91. The molecule has 0 saturated carbocycles. The lowest BCUT2D eigenvalue weighted by atomic mass is 10.1. The first kappa shape index (κ1) is 17.0. The molecule has 3 nitrogen and oxygen atoms in total. The summed E-state index contributed by atoms with van der Waals surface area (Å²) in [6.07, 6.45) is -0.600. The zero-order valence-corrected chi connectivity index (χ0v) is 15.8. The van der Waals surface area contributed by atoms with Gasteiger partial charge >= 0.3 is 0 Å². The van der Waals surface area contributed by atoms with Crippen molar-refractivity contribution in [3.05, 3.63) is 56.5 Å².